The van der Waals surface area contributed by atoms with E-state index in [1.807, 2.05) is 53.9 Å². The fraction of sp³-hybridized carbons (Fsp3) is 0.200. The van der Waals surface area contributed by atoms with Crippen LogP contribution in [0, 0.1) is 0 Å². The summed E-state index contributed by atoms with van der Waals surface area (Å²) in [7, 11) is 0. The fourth-order valence-electron chi connectivity index (χ4n) is 3.38. The molecule has 0 fully saturated rings. The van der Waals surface area contributed by atoms with E-state index in [2.05, 4.69) is 53.3 Å². The van der Waals surface area contributed by atoms with E-state index in [9.17, 15) is 4.79 Å². The lowest BCUT2D eigenvalue weighted by molar-refractivity contribution is 0.102. The van der Waals surface area contributed by atoms with Gasteiger partial charge in [0.2, 0.25) is 0 Å². The summed E-state index contributed by atoms with van der Waals surface area (Å²) in [6.45, 7) is 6.00. The number of rotatable bonds is 7. The average molecular weight is 416 g/mol. The van der Waals surface area contributed by atoms with Crippen molar-refractivity contribution in [2.24, 2.45) is 0 Å². The zero-order valence-corrected chi connectivity index (χ0v) is 18.0. The predicted molar refractivity (Wildman–Crippen MR) is 125 cm³/mol. The number of anilines is 1. The fourth-order valence-corrected chi connectivity index (χ4v) is 4.08. The molecular weight excluding hydrogens is 390 g/mol. The second-order valence-corrected chi connectivity index (χ2v) is 8.50. The van der Waals surface area contributed by atoms with Gasteiger partial charge >= 0.3 is 0 Å². The van der Waals surface area contributed by atoms with Gasteiger partial charge in [0.25, 0.3) is 5.91 Å². The van der Waals surface area contributed by atoms with Crippen LogP contribution in [0.25, 0.3) is 10.8 Å². The molecular formula is C25H25N3OS. The molecule has 1 N–H and O–H groups in total. The second kappa shape index (κ2) is 9.20. The Morgan fingerprint density at radius 2 is 1.70 bits per heavy atom. The molecule has 0 aliphatic heterocycles. The Bertz CT molecular complexity index is 1140. The number of carbonyl (C=O) groups is 1. The van der Waals surface area contributed by atoms with Gasteiger partial charge in [-0.3, -0.25) is 15.0 Å². The van der Waals surface area contributed by atoms with E-state index < -0.39 is 0 Å². The molecule has 0 spiro atoms. The third-order valence-electron chi connectivity index (χ3n) is 5.11. The van der Waals surface area contributed by atoms with Gasteiger partial charge in [0.1, 0.15) is 0 Å². The number of aromatic nitrogens is 1. The number of benzene rings is 3. The maximum absolute atomic E-state index is 12.7. The molecule has 1 aromatic heterocycles. The van der Waals surface area contributed by atoms with E-state index in [1.54, 1.807) is 0 Å². The molecule has 1 heterocycles. The number of hydrogen-bond acceptors (Lipinski definition) is 4. The van der Waals surface area contributed by atoms with Gasteiger partial charge in [-0.2, -0.15) is 0 Å². The van der Waals surface area contributed by atoms with Crippen molar-refractivity contribution in [2.45, 2.75) is 33.0 Å². The van der Waals surface area contributed by atoms with E-state index in [0.29, 0.717) is 16.7 Å². The minimum Gasteiger partial charge on any atom is -0.298 e. The molecule has 0 bridgehead atoms. The Kier molecular flexibility index (Phi) is 6.21. The first kappa shape index (κ1) is 20.3. The van der Waals surface area contributed by atoms with Crippen molar-refractivity contribution in [3.8, 4) is 0 Å². The molecule has 0 aliphatic carbocycles. The van der Waals surface area contributed by atoms with Gasteiger partial charge in [0.15, 0.2) is 5.13 Å². The maximum Gasteiger partial charge on any atom is 0.257 e. The quantitative estimate of drug-likeness (QED) is 0.405. The van der Waals surface area contributed by atoms with Crippen molar-refractivity contribution >= 4 is 33.1 Å². The van der Waals surface area contributed by atoms with E-state index in [4.69, 9.17) is 0 Å². The number of nitrogens with one attached hydrogen (secondary N) is 1. The molecule has 0 saturated heterocycles. The molecule has 4 aromatic rings. The van der Waals surface area contributed by atoms with E-state index in [0.717, 1.165) is 29.6 Å². The Balaban J connectivity index is 1.43. The average Bonchev–Trinajstić information content (AvgIpc) is 3.20. The number of thiazole rings is 1. The van der Waals surface area contributed by atoms with Crippen LogP contribution in [0.5, 0.6) is 0 Å². The summed E-state index contributed by atoms with van der Waals surface area (Å²) in [6, 6.07) is 24.6. The van der Waals surface area contributed by atoms with Gasteiger partial charge < -0.3 is 0 Å². The van der Waals surface area contributed by atoms with Crippen molar-refractivity contribution in [3.05, 3.63) is 95.0 Å². The van der Waals surface area contributed by atoms with Crippen molar-refractivity contribution in [1.29, 1.82) is 0 Å². The Hall–Kier alpha value is -3.02. The van der Waals surface area contributed by atoms with Gasteiger partial charge in [-0.1, -0.05) is 60.7 Å². The highest BCUT2D eigenvalue weighted by Crippen LogP contribution is 2.21. The lowest BCUT2D eigenvalue weighted by atomic mass is 10.1. The lowest BCUT2D eigenvalue weighted by Gasteiger charge is -2.25. The number of amides is 1. The normalized spacial score (nSPS) is 11.3. The molecule has 152 valence electrons. The number of carbonyl (C=O) groups excluding carboxylic acids is 1. The molecule has 3 aromatic carbocycles. The first-order valence-electron chi connectivity index (χ1n) is 10.1. The highest BCUT2D eigenvalue weighted by Gasteiger charge is 2.14. The molecule has 1 amide bonds. The van der Waals surface area contributed by atoms with Crippen LogP contribution in [-0.2, 0) is 13.1 Å². The highest BCUT2D eigenvalue weighted by molar-refractivity contribution is 7.14. The first-order valence-corrected chi connectivity index (χ1v) is 11.0. The largest absolute Gasteiger partial charge is 0.298 e. The topological polar surface area (TPSA) is 45.2 Å². The van der Waals surface area contributed by atoms with Crippen LogP contribution in [0.2, 0.25) is 0 Å². The molecule has 5 heteroatoms. The minimum absolute atomic E-state index is 0.133. The molecule has 4 rings (SSSR count). The zero-order chi connectivity index (χ0) is 20.9. The molecule has 30 heavy (non-hydrogen) atoms. The van der Waals surface area contributed by atoms with Crippen LogP contribution >= 0.6 is 11.3 Å². The van der Waals surface area contributed by atoms with E-state index in [-0.39, 0.29) is 5.91 Å². The van der Waals surface area contributed by atoms with Crippen molar-refractivity contribution in [2.75, 3.05) is 5.32 Å². The highest BCUT2D eigenvalue weighted by atomic mass is 32.1. The SMILES string of the molecule is CC(C)N(Cc1ccccc1)Cc1csc(NC(=O)c2ccc3ccccc3c2)n1. The maximum atomic E-state index is 12.7. The number of hydrogen-bond donors (Lipinski definition) is 1. The van der Waals surface area contributed by atoms with Crippen LogP contribution in [0.15, 0.2) is 78.2 Å². The first-order chi connectivity index (χ1) is 14.6. The van der Waals surface area contributed by atoms with Crippen LogP contribution in [0.1, 0.15) is 35.5 Å². The monoisotopic (exact) mass is 415 g/mol. The van der Waals surface area contributed by atoms with Crippen molar-refractivity contribution in [3.63, 3.8) is 0 Å². The molecule has 0 atom stereocenters. The predicted octanol–water partition coefficient (Wildman–Crippen LogP) is 5.96. The Morgan fingerprint density at radius 3 is 2.47 bits per heavy atom. The summed E-state index contributed by atoms with van der Waals surface area (Å²) < 4.78 is 0. The third-order valence-corrected chi connectivity index (χ3v) is 5.91. The van der Waals surface area contributed by atoms with Gasteiger partial charge in [0.05, 0.1) is 5.69 Å². The molecule has 0 unspecified atom stereocenters. The van der Waals surface area contributed by atoms with E-state index >= 15 is 0 Å². The van der Waals surface area contributed by atoms with Gasteiger partial charge in [-0.05, 0) is 42.3 Å². The van der Waals surface area contributed by atoms with Gasteiger partial charge in [-0.15, -0.1) is 11.3 Å². The molecule has 0 radical (unpaired) electrons. The molecule has 0 aliphatic rings. The van der Waals surface area contributed by atoms with Gasteiger partial charge in [-0.25, -0.2) is 4.98 Å². The van der Waals surface area contributed by atoms with Crippen molar-refractivity contribution < 1.29 is 4.79 Å². The van der Waals surface area contributed by atoms with Crippen LogP contribution < -0.4 is 5.32 Å². The summed E-state index contributed by atoms with van der Waals surface area (Å²) in [4.78, 5) is 19.7. The minimum atomic E-state index is -0.133. The second-order valence-electron chi connectivity index (χ2n) is 7.64. The summed E-state index contributed by atoms with van der Waals surface area (Å²) in [5, 5.41) is 7.78. The zero-order valence-electron chi connectivity index (χ0n) is 17.2. The number of nitrogens with zero attached hydrogens (tertiary/aromatic N) is 2. The lowest BCUT2D eigenvalue weighted by Crippen LogP contribution is -2.30. The Morgan fingerprint density at radius 1 is 0.967 bits per heavy atom. The smallest absolute Gasteiger partial charge is 0.257 e. The summed E-state index contributed by atoms with van der Waals surface area (Å²) in [5.74, 6) is -0.133. The summed E-state index contributed by atoms with van der Waals surface area (Å²) in [6.07, 6.45) is 0. The Labute approximate surface area is 181 Å². The van der Waals surface area contributed by atoms with Crippen molar-refractivity contribution in [1.82, 2.24) is 9.88 Å². The van der Waals surface area contributed by atoms with Crippen LogP contribution in [0.3, 0.4) is 0 Å². The van der Waals surface area contributed by atoms with Crippen LogP contribution in [0.4, 0.5) is 5.13 Å². The van der Waals surface area contributed by atoms with Gasteiger partial charge in [0, 0.05) is 30.1 Å². The molecule has 0 saturated carbocycles. The standard InChI is InChI=1S/C25H25N3OS/c1-18(2)28(15-19-8-4-3-5-9-19)16-23-17-30-25(26-23)27-24(29)22-13-12-20-10-6-7-11-21(20)14-22/h3-14,17-18H,15-16H2,1-2H3,(H,26,27,29). The van der Waals surface area contributed by atoms with Crippen LogP contribution in [-0.4, -0.2) is 21.8 Å². The number of fused-ring (bicyclic) bond motifs is 1. The molecule has 4 nitrogen and oxygen atoms in total. The summed E-state index contributed by atoms with van der Waals surface area (Å²) in [5.41, 5.74) is 2.89. The third kappa shape index (κ3) is 4.93. The van der Waals surface area contributed by atoms with E-state index in [1.165, 1.54) is 16.9 Å². The summed E-state index contributed by atoms with van der Waals surface area (Å²) >= 11 is 1.47.